The third kappa shape index (κ3) is 24.9. The summed E-state index contributed by atoms with van der Waals surface area (Å²) in [5.41, 5.74) is 6.10. The van der Waals surface area contributed by atoms with Crippen LogP contribution in [-0.2, 0) is 67.1 Å². The van der Waals surface area contributed by atoms with Crippen molar-refractivity contribution in [2.45, 2.75) is 159 Å². The monoisotopic (exact) mass is 1030 g/mol. The summed E-state index contributed by atoms with van der Waals surface area (Å²) in [6.45, 7) is 3.23. The zero-order valence-electron chi connectivity index (χ0n) is 39.9. The van der Waals surface area contributed by atoms with Gasteiger partial charge in [0.2, 0.25) is 53.2 Å². The minimum atomic E-state index is -1.98. The van der Waals surface area contributed by atoms with E-state index in [4.69, 9.17) is 5.73 Å². The van der Waals surface area contributed by atoms with E-state index in [1.165, 1.54) is 0 Å². The molecule has 1 aliphatic heterocycles. The van der Waals surface area contributed by atoms with Crippen molar-refractivity contribution in [2.24, 2.45) is 11.7 Å². The van der Waals surface area contributed by atoms with Gasteiger partial charge in [-0.15, -0.1) is 0 Å². The molecule has 9 atom stereocenters. The summed E-state index contributed by atoms with van der Waals surface area (Å²) in [7, 11) is 0. The van der Waals surface area contributed by atoms with Gasteiger partial charge in [-0.2, -0.15) is 0 Å². The summed E-state index contributed by atoms with van der Waals surface area (Å²) in [5, 5.41) is 77.6. The molecule has 1 heterocycles. The number of amides is 9. The number of aliphatic hydroxyl groups excluding tert-OH is 1. The van der Waals surface area contributed by atoms with E-state index in [1.807, 2.05) is 0 Å². The summed E-state index contributed by atoms with van der Waals surface area (Å²) in [6.07, 6.45) is -8.20. The first-order valence-electron chi connectivity index (χ1n) is 22.8. The predicted octanol–water partition coefficient (Wildman–Crippen LogP) is -5.52. The van der Waals surface area contributed by atoms with Crippen molar-refractivity contribution in [2.75, 3.05) is 13.1 Å². The van der Waals surface area contributed by atoms with Crippen LogP contribution in [-0.4, -0.2) is 181 Å². The molecule has 404 valence electrons. The molecule has 0 aliphatic carbocycles. The molecule has 72 heavy (non-hydrogen) atoms. The van der Waals surface area contributed by atoms with Gasteiger partial charge < -0.3 is 84.2 Å². The minimum Gasteiger partial charge on any atom is -0.481 e. The second kappa shape index (κ2) is 31.7. The van der Waals surface area contributed by atoms with E-state index >= 15 is 0 Å². The highest BCUT2D eigenvalue weighted by Crippen LogP contribution is 2.11. The normalized spacial score (nSPS) is 24.9. The molecule has 30 heteroatoms. The highest BCUT2D eigenvalue weighted by Gasteiger charge is 2.36. The summed E-state index contributed by atoms with van der Waals surface area (Å²) >= 11 is 0. The van der Waals surface area contributed by atoms with Crippen LogP contribution in [0.4, 0.5) is 0 Å². The number of aliphatic hydroxyl groups is 1. The molecule has 0 aromatic carbocycles. The Morgan fingerprint density at radius 1 is 0.486 bits per heavy atom. The number of hydrogen-bond acceptors (Lipinski definition) is 16. The number of nitrogens with one attached hydrogen (secondary N) is 9. The van der Waals surface area contributed by atoms with Gasteiger partial charge in [0.15, 0.2) is 0 Å². The minimum absolute atomic E-state index is 0.0370. The average Bonchev–Trinajstić information content (AvgIpc) is 3.27. The average molecular weight is 1030 g/mol. The van der Waals surface area contributed by atoms with Crippen LogP contribution in [0.2, 0.25) is 0 Å². The Hall–Kier alpha value is -7.50. The van der Waals surface area contributed by atoms with Gasteiger partial charge in [0.25, 0.3) is 0 Å². The third-order valence-electron chi connectivity index (χ3n) is 10.6. The Morgan fingerprint density at radius 2 is 0.875 bits per heavy atom. The lowest BCUT2D eigenvalue weighted by Gasteiger charge is -2.27. The van der Waals surface area contributed by atoms with E-state index in [9.17, 15) is 97.8 Å². The SMILES string of the molecule is CC(C)C[C@@H]1NC(=O)[C@@H](N)CCCCNC(=O)[C@H](CCC(=O)O)NC(=O)[C@H](CCC(=O)O)NC(=O)CNC(=O)[C@H]([C@@H](C)O)NC(=O)[C@H](CCC(=O)O)NC(=O)[C@H](CCC(=O)O)NC(=O)[C@H](CC(=O)O)NC1=O. The van der Waals surface area contributed by atoms with Crippen molar-refractivity contribution in [3.63, 3.8) is 0 Å². The zero-order chi connectivity index (χ0) is 54.8. The third-order valence-corrected chi connectivity index (χ3v) is 10.6. The highest BCUT2D eigenvalue weighted by molar-refractivity contribution is 5.99. The van der Waals surface area contributed by atoms with Crippen LogP contribution in [0.3, 0.4) is 0 Å². The van der Waals surface area contributed by atoms with Crippen molar-refractivity contribution < 1.29 is 97.8 Å². The van der Waals surface area contributed by atoms with Gasteiger partial charge in [-0.1, -0.05) is 13.8 Å². The molecule has 0 radical (unpaired) electrons. The summed E-state index contributed by atoms with van der Waals surface area (Å²) in [5.74, 6) is -18.1. The Bertz CT molecular complexity index is 2000. The molecule has 1 aliphatic rings. The molecule has 30 nitrogen and oxygen atoms in total. The first-order chi connectivity index (χ1) is 33.6. The molecule has 17 N–H and O–H groups in total. The molecule has 1 fully saturated rings. The van der Waals surface area contributed by atoms with Crippen molar-refractivity contribution >= 4 is 83.0 Å². The lowest BCUT2D eigenvalue weighted by Crippen LogP contribution is -2.61. The van der Waals surface area contributed by atoms with Crippen molar-refractivity contribution in [1.29, 1.82) is 0 Å². The van der Waals surface area contributed by atoms with E-state index in [-0.39, 0.29) is 38.1 Å². The Balaban J connectivity index is 3.80. The molecule has 9 amide bonds. The number of carbonyl (C=O) groups is 14. The lowest BCUT2D eigenvalue weighted by atomic mass is 10.0. The van der Waals surface area contributed by atoms with Crippen molar-refractivity contribution in [3.05, 3.63) is 0 Å². The van der Waals surface area contributed by atoms with Gasteiger partial charge in [0, 0.05) is 32.2 Å². The summed E-state index contributed by atoms with van der Waals surface area (Å²) in [4.78, 5) is 179. The first kappa shape index (κ1) is 62.5. The number of aliphatic carboxylic acids is 5. The van der Waals surface area contributed by atoms with E-state index in [0.717, 1.165) is 6.92 Å². The fourth-order valence-corrected chi connectivity index (χ4v) is 6.74. The fraction of sp³-hybridized carbons (Fsp3) is 0.667. The highest BCUT2D eigenvalue weighted by atomic mass is 16.4. The first-order valence-corrected chi connectivity index (χ1v) is 22.8. The molecule has 1 saturated heterocycles. The van der Waals surface area contributed by atoms with E-state index in [1.54, 1.807) is 13.8 Å². The van der Waals surface area contributed by atoms with E-state index in [0.29, 0.717) is 0 Å². The second-order valence-corrected chi connectivity index (χ2v) is 17.2. The molecule has 0 saturated carbocycles. The maximum atomic E-state index is 13.7. The topological polar surface area (TPSA) is 495 Å². The molecule has 0 aromatic heterocycles. The number of carboxylic acids is 5. The number of rotatable bonds is 17. The molecule has 1 rings (SSSR count). The van der Waals surface area contributed by atoms with Crippen LogP contribution in [0, 0.1) is 5.92 Å². The largest absolute Gasteiger partial charge is 0.481 e. The van der Waals surface area contributed by atoms with Crippen LogP contribution < -0.4 is 53.6 Å². The number of carboxylic acid groups (broad SMARTS) is 5. The Morgan fingerprint density at radius 3 is 1.31 bits per heavy atom. The number of carbonyl (C=O) groups excluding carboxylic acids is 9. The van der Waals surface area contributed by atoms with Crippen LogP contribution in [0.25, 0.3) is 0 Å². The Labute approximate surface area is 411 Å². The summed E-state index contributed by atoms with van der Waals surface area (Å²) in [6, 6.07) is -13.7. The van der Waals surface area contributed by atoms with Gasteiger partial charge >= 0.3 is 29.8 Å². The molecular formula is C42H66N10O20. The Kier molecular flexibility index (Phi) is 27.5. The maximum Gasteiger partial charge on any atom is 0.305 e. The number of hydrogen-bond donors (Lipinski definition) is 16. The summed E-state index contributed by atoms with van der Waals surface area (Å²) < 4.78 is 0. The lowest BCUT2D eigenvalue weighted by molar-refractivity contribution is -0.142. The second-order valence-electron chi connectivity index (χ2n) is 17.2. The van der Waals surface area contributed by atoms with Crippen LogP contribution >= 0.6 is 0 Å². The van der Waals surface area contributed by atoms with Gasteiger partial charge in [-0.05, 0) is 64.2 Å². The quantitative estimate of drug-likeness (QED) is 0.0646. The van der Waals surface area contributed by atoms with Crippen molar-refractivity contribution in [3.8, 4) is 0 Å². The van der Waals surface area contributed by atoms with Crippen LogP contribution in [0.1, 0.15) is 104 Å². The van der Waals surface area contributed by atoms with Gasteiger partial charge in [0.05, 0.1) is 25.1 Å². The van der Waals surface area contributed by atoms with E-state index in [2.05, 4.69) is 47.9 Å². The van der Waals surface area contributed by atoms with Crippen LogP contribution in [0.15, 0.2) is 0 Å². The maximum absolute atomic E-state index is 13.7. The van der Waals surface area contributed by atoms with E-state index < -0.39 is 202 Å². The number of nitrogens with two attached hydrogens (primary N) is 1. The standard InChI is InChI=1S/C42H66N10O20/c1-19(2)16-26-40(70)51-27(17-33(63)64)41(71)49-24(9-13-31(59)60)38(68)48-25(10-14-32(61)62)39(69)52-34(20(3)53)42(72)45-18-28(54)46-23(8-12-30(57)58)37(67)47-22(7-11-29(55)56)36(66)44-15-5-4-6-21(43)35(65)50-26/h19-27,34,53H,4-18,43H2,1-3H3,(H,44,66)(H,45,72)(H,46,54)(H,47,67)(H,48,68)(H,49,71)(H,50,65)(H,51,70)(H,52,69)(H,55,56)(H,57,58)(H,59,60)(H,61,62)(H,63,64)/t20-,21+,22+,23+,24+,25+,26+,27+,34+/m1/s1. The zero-order valence-corrected chi connectivity index (χ0v) is 39.9. The molecule has 0 spiro atoms. The van der Waals surface area contributed by atoms with Crippen molar-refractivity contribution in [1.82, 2.24) is 47.9 Å². The smallest absolute Gasteiger partial charge is 0.305 e. The fourth-order valence-electron chi connectivity index (χ4n) is 6.74. The van der Waals surface area contributed by atoms with Gasteiger partial charge in [0.1, 0.15) is 42.3 Å². The molecule has 0 aromatic rings. The van der Waals surface area contributed by atoms with Gasteiger partial charge in [-0.25, -0.2) is 0 Å². The molecule has 0 bridgehead atoms. The molecular weight excluding hydrogens is 965 g/mol. The van der Waals surface area contributed by atoms with Crippen LogP contribution in [0.5, 0.6) is 0 Å². The molecule has 0 unspecified atom stereocenters. The predicted molar refractivity (Wildman–Crippen MR) is 242 cm³/mol. The van der Waals surface area contributed by atoms with Gasteiger partial charge in [-0.3, -0.25) is 67.1 Å².